The summed E-state index contributed by atoms with van der Waals surface area (Å²) in [5.74, 6) is 0.810. The van der Waals surface area contributed by atoms with Crippen LogP contribution in [0.5, 0.6) is 0 Å². The minimum atomic E-state index is 0.810. The summed E-state index contributed by atoms with van der Waals surface area (Å²) in [5, 5.41) is 11.7. The Morgan fingerprint density at radius 1 is 1.06 bits per heavy atom. The van der Waals surface area contributed by atoms with Crippen LogP contribution in [-0.2, 0) is 0 Å². The van der Waals surface area contributed by atoms with Crippen LogP contribution in [0.15, 0.2) is 36.5 Å². The summed E-state index contributed by atoms with van der Waals surface area (Å²) in [6, 6.07) is 0. The Morgan fingerprint density at radius 2 is 1.88 bits per heavy atom. The van der Waals surface area contributed by atoms with Crippen molar-refractivity contribution >= 4 is 11.3 Å². The second kappa shape index (κ2) is 4.49. The van der Waals surface area contributed by atoms with Crippen molar-refractivity contribution in [1.29, 1.82) is 0 Å². The fourth-order valence-electron chi connectivity index (χ4n) is 2.05. The molecular weight excluding hydrogens is 212 g/mol. The molecule has 4 heteroatoms. The van der Waals surface area contributed by atoms with E-state index < -0.39 is 0 Å². The van der Waals surface area contributed by atoms with Crippen molar-refractivity contribution in [1.82, 2.24) is 15.4 Å². The maximum atomic E-state index is 4.50. The Bertz CT molecular complexity index is 485. The van der Waals surface area contributed by atoms with E-state index in [-0.39, 0.29) is 0 Å². The average molecular weight is 227 g/mol. The highest BCUT2D eigenvalue weighted by Crippen LogP contribution is 2.19. The first kappa shape index (κ1) is 10.2. The summed E-state index contributed by atoms with van der Waals surface area (Å²) >= 11 is 0. The van der Waals surface area contributed by atoms with Gasteiger partial charge in [-0.1, -0.05) is 30.4 Å². The molecule has 3 rings (SSSR count). The molecule has 0 fully saturated rings. The number of aromatic nitrogens is 4. The molecule has 0 saturated heterocycles. The first-order chi connectivity index (χ1) is 8.43. The van der Waals surface area contributed by atoms with Crippen molar-refractivity contribution in [3.05, 3.63) is 42.3 Å². The second-order valence-corrected chi connectivity index (χ2v) is 4.23. The minimum Gasteiger partial charge on any atom is -0.0842 e. The van der Waals surface area contributed by atoms with Gasteiger partial charge in [0.15, 0.2) is 5.70 Å². The molecule has 1 aromatic rings. The van der Waals surface area contributed by atoms with Crippen molar-refractivity contribution in [2.24, 2.45) is 0 Å². The summed E-state index contributed by atoms with van der Waals surface area (Å²) in [5.41, 5.74) is 2.37. The maximum Gasteiger partial charge on any atom is 0.335 e. The van der Waals surface area contributed by atoms with Gasteiger partial charge in [-0.2, -0.15) is 0 Å². The van der Waals surface area contributed by atoms with Gasteiger partial charge in [0, 0.05) is 12.0 Å². The lowest BCUT2D eigenvalue weighted by Crippen LogP contribution is -2.38. The zero-order chi connectivity index (χ0) is 11.5. The van der Waals surface area contributed by atoms with E-state index in [1.54, 1.807) is 4.80 Å². The van der Waals surface area contributed by atoms with E-state index in [0.29, 0.717) is 0 Å². The van der Waals surface area contributed by atoms with Crippen LogP contribution in [0.2, 0.25) is 0 Å². The molecule has 86 valence electrons. The van der Waals surface area contributed by atoms with E-state index in [9.17, 15) is 0 Å². The lowest BCUT2D eigenvalue weighted by Gasteiger charge is -2.01. The van der Waals surface area contributed by atoms with Crippen LogP contribution < -0.4 is 4.80 Å². The molecule has 0 unspecified atom stereocenters. The zero-order valence-electron chi connectivity index (χ0n) is 9.63. The van der Waals surface area contributed by atoms with E-state index in [1.165, 1.54) is 11.3 Å². The Labute approximate surface area is 100 Å². The lowest BCUT2D eigenvalue weighted by molar-refractivity contribution is -0.705. The Kier molecular flexibility index (Phi) is 2.69. The molecule has 0 amide bonds. The standard InChI is InChI=1S/C13H14N4/c1-3-7-11(8-4-1)13-14-16-17(15-13)12-9-5-2-6-10-12/h1-3,5,7,9H,4,6,8,10H2/p+1. The summed E-state index contributed by atoms with van der Waals surface area (Å²) in [4.78, 5) is 1.78. The molecule has 0 atom stereocenters. The molecule has 1 aromatic heterocycles. The molecule has 4 nitrogen and oxygen atoms in total. The molecule has 0 spiro atoms. The van der Waals surface area contributed by atoms with E-state index in [0.717, 1.165) is 31.5 Å². The third-order valence-corrected chi connectivity index (χ3v) is 3.01. The molecule has 1 heterocycles. The number of hydrogen-bond acceptors (Lipinski definition) is 2. The van der Waals surface area contributed by atoms with Crippen LogP contribution in [0, 0.1) is 0 Å². The molecule has 1 N–H and O–H groups in total. The van der Waals surface area contributed by atoms with Crippen LogP contribution in [0.4, 0.5) is 0 Å². The molecule has 2 aliphatic carbocycles. The quantitative estimate of drug-likeness (QED) is 0.786. The fourth-order valence-corrected chi connectivity index (χ4v) is 2.05. The smallest absolute Gasteiger partial charge is 0.0842 e. The maximum absolute atomic E-state index is 4.50. The van der Waals surface area contributed by atoms with E-state index >= 15 is 0 Å². The Balaban J connectivity index is 1.87. The molecule has 0 aliphatic heterocycles. The van der Waals surface area contributed by atoms with Gasteiger partial charge >= 0.3 is 5.82 Å². The molecule has 2 aliphatic rings. The van der Waals surface area contributed by atoms with Gasteiger partial charge in [-0.15, -0.1) is 0 Å². The molecule has 17 heavy (non-hydrogen) atoms. The predicted molar refractivity (Wildman–Crippen MR) is 65.6 cm³/mol. The number of rotatable bonds is 2. The Morgan fingerprint density at radius 3 is 2.59 bits per heavy atom. The molecular formula is C13H15N4+. The van der Waals surface area contributed by atoms with Gasteiger partial charge in [0.05, 0.1) is 5.10 Å². The Hall–Kier alpha value is -1.97. The van der Waals surface area contributed by atoms with Gasteiger partial charge in [-0.3, -0.25) is 0 Å². The van der Waals surface area contributed by atoms with Crippen molar-refractivity contribution in [2.45, 2.75) is 25.7 Å². The third kappa shape index (κ3) is 2.11. The van der Waals surface area contributed by atoms with Gasteiger partial charge < -0.3 is 0 Å². The van der Waals surface area contributed by atoms with Crippen LogP contribution in [-0.4, -0.2) is 15.4 Å². The molecule has 0 bridgehead atoms. The number of nitrogens with one attached hydrogen (secondary N) is 1. The average Bonchev–Trinajstić information content (AvgIpc) is 2.90. The van der Waals surface area contributed by atoms with Crippen LogP contribution in [0.25, 0.3) is 11.3 Å². The van der Waals surface area contributed by atoms with Gasteiger partial charge in [0.2, 0.25) is 0 Å². The first-order valence-electron chi connectivity index (χ1n) is 6.00. The number of hydrogen-bond donors (Lipinski definition) is 1. The topological polar surface area (TPSA) is 45.5 Å². The number of nitrogens with zero attached hydrogens (tertiary/aromatic N) is 3. The highest BCUT2D eigenvalue weighted by molar-refractivity contribution is 5.62. The van der Waals surface area contributed by atoms with Gasteiger partial charge in [-0.05, 0) is 40.4 Å². The predicted octanol–water partition coefficient (Wildman–Crippen LogP) is 2.02. The second-order valence-electron chi connectivity index (χ2n) is 4.23. The number of tetrazole rings is 1. The SMILES string of the molecule is C1=CCCC(c2n[nH][n+](C3=CC=CCC3)n2)=C1. The largest absolute Gasteiger partial charge is 0.335 e. The molecule has 0 saturated carbocycles. The molecule has 0 radical (unpaired) electrons. The first-order valence-corrected chi connectivity index (χ1v) is 6.00. The van der Waals surface area contributed by atoms with Gasteiger partial charge in [0.1, 0.15) is 0 Å². The lowest BCUT2D eigenvalue weighted by atomic mass is 10.1. The monoisotopic (exact) mass is 227 g/mol. The van der Waals surface area contributed by atoms with E-state index in [1.807, 2.05) is 0 Å². The number of H-pyrrole nitrogens is 1. The van der Waals surface area contributed by atoms with Crippen LogP contribution in [0.3, 0.4) is 0 Å². The molecule has 0 aromatic carbocycles. The van der Waals surface area contributed by atoms with Crippen molar-refractivity contribution in [3.8, 4) is 0 Å². The normalized spacial score (nSPS) is 19.1. The van der Waals surface area contributed by atoms with Crippen molar-refractivity contribution in [3.63, 3.8) is 0 Å². The minimum absolute atomic E-state index is 0.810. The van der Waals surface area contributed by atoms with Gasteiger partial charge in [0.25, 0.3) is 0 Å². The number of allylic oxidation sites excluding steroid dienone is 8. The summed E-state index contributed by atoms with van der Waals surface area (Å²) in [7, 11) is 0. The summed E-state index contributed by atoms with van der Waals surface area (Å²) in [6.45, 7) is 0. The van der Waals surface area contributed by atoms with Gasteiger partial charge in [-0.25, -0.2) is 0 Å². The third-order valence-electron chi connectivity index (χ3n) is 3.01. The van der Waals surface area contributed by atoms with Crippen molar-refractivity contribution < 1.29 is 4.80 Å². The zero-order valence-corrected chi connectivity index (χ0v) is 9.63. The van der Waals surface area contributed by atoms with E-state index in [2.05, 4.69) is 51.9 Å². The van der Waals surface area contributed by atoms with Crippen molar-refractivity contribution in [2.75, 3.05) is 0 Å². The summed E-state index contributed by atoms with van der Waals surface area (Å²) < 4.78 is 0. The van der Waals surface area contributed by atoms with Crippen LogP contribution in [0.1, 0.15) is 31.5 Å². The number of aromatic amines is 1. The highest BCUT2D eigenvalue weighted by atomic mass is 15.6. The fraction of sp³-hybridized carbons (Fsp3) is 0.308. The van der Waals surface area contributed by atoms with E-state index in [4.69, 9.17) is 0 Å². The highest BCUT2D eigenvalue weighted by Gasteiger charge is 2.19. The summed E-state index contributed by atoms with van der Waals surface area (Å²) in [6.07, 6.45) is 16.8. The van der Waals surface area contributed by atoms with Crippen LogP contribution >= 0.6 is 0 Å².